The van der Waals surface area contributed by atoms with Gasteiger partial charge in [-0.25, -0.2) is 0 Å². The minimum Gasteiger partial charge on any atom is -0.326 e. The fourth-order valence-electron chi connectivity index (χ4n) is 3.38. The number of anilines is 1. The smallest absolute Gasteiger partial charge is 0.221 e. The second-order valence-corrected chi connectivity index (χ2v) is 6.10. The largest absolute Gasteiger partial charge is 0.326 e. The number of hydrogen-bond donors (Lipinski definition) is 1. The van der Waals surface area contributed by atoms with Gasteiger partial charge in [0, 0.05) is 18.7 Å². The zero-order chi connectivity index (χ0) is 15.2. The Hall–Kier alpha value is -1.35. The van der Waals surface area contributed by atoms with Crippen LogP contribution in [0.2, 0.25) is 0 Å². The number of carbonyl (C=O) groups is 1. The molecular formula is C18H28N2O. The standard InChI is InChI=1S/C18H28N2O/c1-4-10-20(11-5-2)18-9-7-15-6-8-17(19-14(3)21)12-16(15)13-18/h6,8,12,18H,4-5,7,9-11,13H2,1-3H3,(H,19,21)/t18-/m1/s1. The first-order valence-electron chi connectivity index (χ1n) is 8.27. The Labute approximate surface area is 128 Å². The van der Waals surface area contributed by atoms with Gasteiger partial charge in [-0.1, -0.05) is 19.9 Å². The maximum Gasteiger partial charge on any atom is 0.221 e. The monoisotopic (exact) mass is 288 g/mol. The van der Waals surface area contributed by atoms with E-state index >= 15 is 0 Å². The van der Waals surface area contributed by atoms with Gasteiger partial charge in [-0.2, -0.15) is 0 Å². The van der Waals surface area contributed by atoms with Crippen molar-refractivity contribution in [1.82, 2.24) is 4.90 Å². The average molecular weight is 288 g/mol. The van der Waals surface area contributed by atoms with Gasteiger partial charge in [0.1, 0.15) is 0 Å². The highest BCUT2D eigenvalue weighted by Gasteiger charge is 2.23. The SMILES string of the molecule is CCCN(CCC)[C@@H]1CCc2ccc(NC(C)=O)cc2C1. The van der Waals surface area contributed by atoms with Crippen molar-refractivity contribution in [2.24, 2.45) is 0 Å². The van der Waals surface area contributed by atoms with Crippen LogP contribution in [0.3, 0.4) is 0 Å². The summed E-state index contributed by atoms with van der Waals surface area (Å²) < 4.78 is 0. The van der Waals surface area contributed by atoms with Gasteiger partial charge in [0.15, 0.2) is 0 Å². The van der Waals surface area contributed by atoms with Crippen LogP contribution in [0.5, 0.6) is 0 Å². The molecule has 0 spiro atoms. The molecule has 0 saturated carbocycles. The zero-order valence-corrected chi connectivity index (χ0v) is 13.6. The molecule has 3 nitrogen and oxygen atoms in total. The Morgan fingerprint density at radius 2 is 1.95 bits per heavy atom. The van der Waals surface area contributed by atoms with E-state index in [4.69, 9.17) is 0 Å². The predicted octanol–water partition coefficient (Wildman–Crippen LogP) is 3.62. The maximum atomic E-state index is 11.2. The lowest BCUT2D eigenvalue weighted by atomic mass is 9.87. The fourth-order valence-corrected chi connectivity index (χ4v) is 3.38. The topological polar surface area (TPSA) is 32.3 Å². The molecule has 1 atom stereocenters. The maximum absolute atomic E-state index is 11.2. The van der Waals surface area contributed by atoms with Crippen LogP contribution in [-0.4, -0.2) is 29.9 Å². The molecule has 0 unspecified atom stereocenters. The Morgan fingerprint density at radius 3 is 2.57 bits per heavy atom. The Balaban J connectivity index is 2.11. The van der Waals surface area contributed by atoms with Crippen LogP contribution in [0.4, 0.5) is 5.69 Å². The van der Waals surface area contributed by atoms with Crippen LogP contribution in [0.15, 0.2) is 18.2 Å². The minimum atomic E-state index is 0.000835. The average Bonchev–Trinajstić information content (AvgIpc) is 2.45. The summed E-state index contributed by atoms with van der Waals surface area (Å²) in [5.41, 5.74) is 3.79. The first-order valence-corrected chi connectivity index (χ1v) is 8.27. The quantitative estimate of drug-likeness (QED) is 0.867. The van der Waals surface area contributed by atoms with Crippen LogP contribution in [0.1, 0.15) is 51.2 Å². The number of nitrogens with one attached hydrogen (secondary N) is 1. The molecule has 0 aliphatic heterocycles. The van der Waals surface area contributed by atoms with E-state index in [1.54, 1.807) is 6.92 Å². The summed E-state index contributed by atoms with van der Waals surface area (Å²) in [6.45, 7) is 8.47. The highest BCUT2D eigenvalue weighted by atomic mass is 16.1. The van der Waals surface area contributed by atoms with Crippen molar-refractivity contribution >= 4 is 11.6 Å². The second-order valence-electron chi connectivity index (χ2n) is 6.10. The number of aryl methyl sites for hydroxylation is 1. The molecular weight excluding hydrogens is 260 g/mol. The van der Waals surface area contributed by atoms with Gasteiger partial charge in [-0.3, -0.25) is 4.79 Å². The summed E-state index contributed by atoms with van der Waals surface area (Å²) >= 11 is 0. The summed E-state index contributed by atoms with van der Waals surface area (Å²) in [5.74, 6) is 0.000835. The highest BCUT2D eigenvalue weighted by molar-refractivity contribution is 5.88. The third-order valence-corrected chi connectivity index (χ3v) is 4.27. The molecule has 1 aliphatic rings. The number of carbonyl (C=O) groups excluding carboxylic acids is 1. The van der Waals surface area contributed by atoms with Crippen molar-refractivity contribution in [2.75, 3.05) is 18.4 Å². The Morgan fingerprint density at radius 1 is 1.24 bits per heavy atom. The van der Waals surface area contributed by atoms with Crippen molar-refractivity contribution < 1.29 is 4.79 Å². The predicted molar refractivity (Wildman–Crippen MR) is 88.7 cm³/mol. The molecule has 0 heterocycles. The molecule has 0 saturated heterocycles. The minimum absolute atomic E-state index is 0.000835. The van der Waals surface area contributed by atoms with Crippen molar-refractivity contribution in [3.8, 4) is 0 Å². The summed E-state index contributed by atoms with van der Waals surface area (Å²) in [7, 11) is 0. The van der Waals surface area contributed by atoms with E-state index in [-0.39, 0.29) is 5.91 Å². The molecule has 0 aromatic heterocycles. The van der Waals surface area contributed by atoms with Crippen molar-refractivity contribution in [2.45, 2.75) is 58.9 Å². The van der Waals surface area contributed by atoms with Gasteiger partial charge in [0.2, 0.25) is 5.91 Å². The van der Waals surface area contributed by atoms with E-state index in [1.165, 1.54) is 43.5 Å². The third kappa shape index (κ3) is 4.31. The van der Waals surface area contributed by atoms with Crippen LogP contribution in [0, 0.1) is 0 Å². The highest BCUT2D eigenvalue weighted by Crippen LogP contribution is 2.27. The van der Waals surface area contributed by atoms with Crippen LogP contribution in [0.25, 0.3) is 0 Å². The summed E-state index contributed by atoms with van der Waals surface area (Å²) in [6, 6.07) is 7.03. The molecule has 1 N–H and O–H groups in total. The van der Waals surface area contributed by atoms with E-state index in [9.17, 15) is 4.79 Å². The molecule has 2 rings (SSSR count). The van der Waals surface area contributed by atoms with E-state index < -0.39 is 0 Å². The van der Waals surface area contributed by atoms with Crippen LogP contribution < -0.4 is 5.32 Å². The van der Waals surface area contributed by atoms with Crippen LogP contribution >= 0.6 is 0 Å². The molecule has 0 bridgehead atoms. The summed E-state index contributed by atoms with van der Waals surface area (Å²) in [4.78, 5) is 13.9. The molecule has 0 fully saturated rings. The molecule has 21 heavy (non-hydrogen) atoms. The van der Waals surface area contributed by atoms with Crippen LogP contribution in [-0.2, 0) is 17.6 Å². The fraction of sp³-hybridized carbons (Fsp3) is 0.611. The van der Waals surface area contributed by atoms with Gasteiger partial charge in [-0.05, 0) is 68.5 Å². The summed E-state index contributed by atoms with van der Waals surface area (Å²) in [6.07, 6.45) is 5.96. The third-order valence-electron chi connectivity index (χ3n) is 4.27. The first-order chi connectivity index (χ1) is 10.1. The zero-order valence-electron chi connectivity index (χ0n) is 13.6. The number of rotatable bonds is 6. The Bertz CT molecular complexity index is 478. The molecule has 1 aliphatic carbocycles. The van der Waals surface area contributed by atoms with Crippen molar-refractivity contribution in [1.29, 1.82) is 0 Å². The van der Waals surface area contributed by atoms with Gasteiger partial charge in [0.05, 0.1) is 0 Å². The molecule has 1 aromatic rings. The number of fused-ring (bicyclic) bond motifs is 1. The molecule has 3 heteroatoms. The van der Waals surface area contributed by atoms with Gasteiger partial charge < -0.3 is 10.2 Å². The van der Waals surface area contributed by atoms with E-state index in [0.29, 0.717) is 6.04 Å². The Kier molecular flexibility index (Phi) is 5.80. The molecule has 1 aromatic carbocycles. The van der Waals surface area contributed by atoms with Crippen molar-refractivity contribution in [3.05, 3.63) is 29.3 Å². The molecule has 116 valence electrons. The number of amides is 1. The summed E-state index contributed by atoms with van der Waals surface area (Å²) in [5, 5.41) is 2.90. The van der Waals surface area contributed by atoms with E-state index in [2.05, 4.69) is 36.2 Å². The lowest BCUT2D eigenvalue weighted by Gasteiger charge is -2.35. The number of hydrogen-bond acceptors (Lipinski definition) is 2. The number of benzene rings is 1. The van der Waals surface area contributed by atoms with Gasteiger partial charge in [0.25, 0.3) is 0 Å². The normalized spacial score (nSPS) is 17.6. The van der Waals surface area contributed by atoms with Gasteiger partial charge >= 0.3 is 0 Å². The number of nitrogens with zero attached hydrogens (tertiary/aromatic N) is 1. The van der Waals surface area contributed by atoms with Crippen molar-refractivity contribution in [3.63, 3.8) is 0 Å². The lowest BCUT2D eigenvalue weighted by molar-refractivity contribution is -0.114. The first kappa shape index (κ1) is 16.0. The van der Waals surface area contributed by atoms with E-state index in [0.717, 1.165) is 18.5 Å². The lowest BCUT2D eigenvalue weighted by Crippen LogP contribution is -2.40. The molecule has 1 amide bonds. The molecule has 0 radical (unpaired) electrons. The second kappa shape index (κ2) is 7.60. The van der Waals surface area contributed by atoms with Gasteiger partial charge in [-0.15, -0.1) is 0 Å². The van der Waals surface area contributed by atoms with E-state index in [1.807, 2.05) is 6.07 Å².